The summed E-state index contributed by atoms with van der Waals surface area (Å²) >= 11 is 6.00. The van der Waals surface area contributed by atoms with Crippen LogP contribution in [0.5, 0.6) is 0 Å². The highest BCUT2D eigenvalue weighted by Gasteiger charge is 2.12. The molecule has 1 amide bonds. The lowest BCUT2D eigenvalue weighted by atomic mass is 10.2. The highest BCUT2D eigenvalue weighted by molar-refractivity contribution is 6.33. The summed E-state index contributed by atoms with van der Waals surface area (Å²) in [7, 11) is 0. The number of halogens is 1. The third kappa shape index (κ3) is 3.35. The second-order valence-corrected chi connectivity index (χ2v) is 4.25. The lowest BCUT2D eigenvalue weighted by Gasteiger charge is -2.07. The van der Waals surface area contributed by atoms with Crippen molar-refractivity contribution in [3.05, 3.63) is 58.9 Å². The number of hydrogen-bond donors (Lipinski definition) is 2. The van der Waals surface area contributed by atoms with E-state index >= 15 is 0 Å². The number of carbonyl (C=O) groups excluding carboxylic acids is 1. The van der Waals surface area contributed by atoms with E-state index in [4.69, 9.17) is 17.3 Å². The number of nitrogens with one attached hydrogen (secondary N) is 1. The second kappa shape index (κ2) is 6.71. The minimum atomic E-state index is -0.361. The van der Waals surface area contributed by atoms with Gasteiger partial charge >= 0.3 is 0 Å². The number of para-hydroxylation sites is 1. The van der Waals surface area contributed by atoms with Crippen LogP contribution in [-0.4, -0.2) is 17.4 Å². The fourth-order valence-corrected chi connectivity index (χ4v) is 1.76. The van der Waals surface area contributed by atoms with Gasteiger partial charge in [0.25, 0.3) is 5.91 Å². The van der Waals surface area contributed by atoms with E-state index in [1.807, 2.05) is 0 Å². The molecule has 1 aromatic carbocycles. The molecular formula is C15H12ClN3O. The van der Waals surface area contributed by atoms with E-state index in [1.165, 1.54) is 6.20 Å². The zero-order valence-corrected chi connectivity index (χ0v) is 11.3. The summed E-state index contributed by atoms with van der Waals surface area (Å²) in [5.74, 6) is 5.17. The number of benzene rings is 1. The molecule has 3 N–H and O–H groups in total. The number of aromatic nitrogens is 1. The number of amides is 1. The molecule has 5 heteroatoms. The van der Waals surface area contributed by atoms with Crippen LogP contribution in [0.4, 0.5) is 5.69 Å². The minimum absolute atomic E-state index is 0.223. The van der Waals surface area contributed by atoms with E-state index in [0.29, 0.717) is 16.3 Å². The van der Waals surface area contributed by atoms with Crippen LogP contribution in [0, 0.1) is 11.8 Å². The van der Waals surface area contributed by atoms with Gasteiger partial charge in [0.1, 0.15) is 5.69 Å². The van der Waals surface area contributed by atoms with Crippen molar-refractivity contribution in [2.24, 2.45) is 5.73 Å². The number of carbonyl (C=O) groups is 1. The van der Waals surface area contributed by atoms with E-state index in [-0.39, 0.29) is 18.1 Å². The molecule has 0 radical (unpaired) electrons. The van der Waals surface area contributed by atoms with Crippen molar-refractivity contribution in [2.45, 2.75) is 0 Å². The fraction of sp³-hybridized carbons (Fsp3) is 0.0667. The molecule has 100 valence electrons. The summed E-state index contributed by atoms with van der Waals surface area (Å²) in [5.41, 5.74) is 6.64. The van der Waals surface area contributed by atoms with Crippen LogP contribution in [-0.2, 0) is 0 Å². The van der Waals surface area contributed by atoms with Crippen LogP contribution in [0.1, 0.15) is 16.1 Å². The Balaban J connectivity index is 2.28. The first-order valence-corrected chi connectivity index (χ1v) is 6.30. The van der Waals surface area contributed by atoms with Crippen molar-refractivity contribution < 1.29 is 4.79 Å². The topological polar surface area (TPSA) is 68.0 Å². The predicted molar refractivity (Wildman–Crippen MR) is 79.6 cm³/mol. The molecule has 0 aliphatic rings. The van der Waals surface area contributed by atoms with E-state index in [1.54, 1.807) is 36.4 Å². The molecule has 0 saturated heterocycles. The molecule has 1 aromatic heterocycles. The number of nitrogens with two attached hydrogens (primary N) is 1. The number of hydrogen-bond acceptors (Lipinski definition) is 3. The van der Waals surface area contributed by atoms with Gasteiger partial charge in [-0.25, -0.2) is 4.98 Å². The van der Waals surface area contributed by atoms with Crippen LogP contribution in [0.25, 0.3) is 0 Å². The summed E-state index contributed by atoms with van der Waals surface area (Å²) in [4.78, 5) is 16.3. The monoisotopic (exact) mass is 285 g/mol. The summed E-state index contributed by atoms with van der Waals surface area (Å²) < 4.78 is 0. The van der Waals surface area contributed by atoms with Crippen molar-refractivity contribution in [3.8, 4) is 11.8 Å². The smallest absolute Gasteiger partial charge is 0.275 e. The standard InChI is InChI=1S/C15H12ClN3O/c16-12-7-1-2-8-13(12)19-15(20)14-11(5-3-9-17)6-4-10-18-14/h1-2,4,6-8,10H,9,17H2,(H,19,20). The molecule has 0 atom stereocenters. The van der Waals surface area contributed by atoms with Gasteiger partial charge in [-0.05, 0) is 24.3 Å². The van der Waals surface area contributed by atoms with Crippen molar-refractivity contribution in [3.63, 3.8) is 0 Å². The third-order valence-electron chi connectivity index (χ3n) is 2.47. The number of nitrogens with zero attached hydrogens (tertiary/aromatic N) is 1. The van der Waals surface area contributed by atoms with Crippen molar-refractivity contribution in [2.75, 3.05) is 11.9 Å². The normalized spacial score (nSPS) is 9.50. The first-order chi connectivity index (χ1) is 9.72. The van der Waals surface area contributed by atoms with Crippen molar-refractivity contribution >= 4 is 23.2 Å². The van der Waals surface area contributed by atoms with Crippen LogP contribution in [0.15, 0.2) is 42.6 Å². The Hall–Kier alpha value is -2.35. The van der Waals surface area contributed by atoms with E-state index in [2.05, 4.69) is 22.1 Å². The molecule has 4 nitrogen and oxygen atoms in total. The fourth-order valence-electron chi connectivity index (χ4n) is 1.58. The van der Waals surface area contributed by atoms with Gasteiger partial charge in [-0.15, -0.1) is 0 Å². The molecule has 0 spiro atoms. The quantitative estimate of drug-likeness (QED) is 0.832. The predicted octanol–water partition coefficient (Wildman–Crippen LogP) is 2.30. The highest BCUT2D eigenvalue weighted by Crippen LogP contribution is 2.21. The second-order valence-electron chi connectivity index (χ2n) is 3.84. The van der Waals surface area contributed by atoms with Gasteiger partial charge in [0, 0.05) is 6.20 Å². The maximum absolute atomic E-state index is 12.2. The average Bonchev–Trinajstić information content (AvgIpc) is 2.47. The first kappa shape index (κ1) is 14.1. The first-order valence-electron chi connectivity index (χ1n) is 5.92. The van der Waals surface area contributed by atoms with Crippen LogP contribution >= 0.6 is 11.6 Å². The number of rotatable bonds is 2. The lowest BCUT2D eigenvalue weighted by Crippen LogP contribution is -2.15. The molecule has 0 aliphatic heterocycles. The molecule has 1 heterocycles. The Kier molecular flexibility index (Phi) is 4.72. The lowest BCUT2D eigenvalue weighted by molar-refractivity contribution is 0.102. The van der Waals surface area contributed by atoms with Gasteiger partial charge in [-0.3, -0.25) is 4.79 Å². The van der Waals surface area contributed by atoms with Gasteiger partial charge < -0.3 is 11.1 Å². The maximum atomic E-state index is 12.2. The van der Waals surface area contributed by atoms with Gasteiger partial charge in [-0.1, -0.05) is 35.6 Å². The molecule has 2 aromatic rings. The van der Waals surface area contributed by atoms with Gasteiger partial charge in [0.05, 0.1) is 22.8 Å². The average molecular weight is 286 g/mol. The molecule has 20 heavy (non-hydrogen) atoms. The summed E-state index contributed by atoms with van der Waals surface area (Å²) in [6.45, 7) is 0.223. The van der Waals surface area contributed by atoms with E-state index < -0.39 is 0 Å². The molecule has 0 unspecified atom stereocenters. The Morgan fingerprint density at radius 1 is 1.30 bits per heavy atom. The summed E-state index contributed by atoms with van der Waals surface area (Å²) in [6, 6.07) is 10.4. The summed E-state index contributed by atoms with van der Waals surface area (Å²) in [5, 5.41) is 3.18. The Morgan fingerprint density at radius 3 is 2.85 bits per heavy atom. The molecule has 0 saturated carbocycles. The molecular weight excluding hydrogens is 274 g/mol. The van der Waals surface area contributed by atoms with Crippen LogP contribution in [0.2, 0.25) is 5.02 Å². The highest BCUT2D eigenvalue weighted by atomic mass is 35.5. The van der Waals surface area contributed by atoms with E-state index in [9.17, 15) is 4.79 Å². The minimum Gasteiger partial charge on any atom is -0.320 e. The van der Waals surface area contributed by atoms with Crippen LogP contribution < -0.4 is 11.1 Å². The number of anilines is 1. The Morgan fingerprint density at radius 2 is 2.10 bits per heavy atom. The maximum Gasteiger partial charge on any atom is 0.275 e. The largest absolute Gasteiger partial charge is 0.320 e. The molecule has 0 aliphatic carbocycles. The van der Waals surface area contributed by atoms with Crippen molar-refractivity contribution in [1.29, 1.82) is 0 Å². The van der Waals surface area contributed by atoms with E-state index in [0.717, 1.165) is 0 Å². The van der Waals surface area contributed by atoms with Gasteiger partial charge in [0.15, 0.2) is 0 Å². The zero-order chi connectivity index (χ0) is 14.4. The van der Waals surface area contributed by atoms with Gasteiger partial charge in [-0.2, -0.15) is 0 Å². The van der Waals surface area contributed by atoms with Crippen LogP contribution in [0.3, 0.4) is 0 Å². The SMILES string of the molecule is NCC#Cc1cccnc1C(=O)Nc1ccccc1Cl. The molecule has 2 rings (SSSR count). The summed E-state index contributed by atoms with van der Waals surface area (Å²) in [6.07, 6.45) is 1.54. The van der Waals surface area contributed by atoms with Gasteiger partial charge in [0.2, 0.25) is 0 Å². The van der Waals surface area contributed by atoms with Crippen molar-refractivity contribution in [1.82, 2.24) is 4.98 Å². The zero-order valence-electron chi connectivity index (χ0n) is 10.6. The molecule has 0 bridgehead atoms. The molecule has 0 fully saturated rings. The Bertz CT molecular complexity index is 689. The number of pyridine rings is 1. The third-order valence-corrected chi connectivity index (χ3v) is 2.80. The Labute approximate surface area is 122 Å².